The van der Waals surface area contributed by atoms with Crippen LogP contribution in [0.25, 0.3) is 11.3 Å². The summed E-state index contributed by atoms with van der Waals surface area (Å²) in [5.41, 5.74) is 5.32. The summed E-state index contributed by atoms with van der Waals surface area (Å²) >= 11 is 0. The summed E-state index contributed by atoms with van der Waals surface area (Å²) in [4.78, 5) is 17.7. The third kappa shape index (κ3) is 1.83. The molecule has 4 N–H and O–H groups in total. The van der Waals surface area contributed by atoms with Crippen molar-refractivity contribution in [3.05, 3.63) is 24.5 Å². The van der Waals surface area contributed by atoms with Gasteiger partial charge in [0.1, 0.15) is 5.76 Å². The van der Waals surface area contributed by atoms with Gasteiger partial charge in [-0.05, 0) is 12.1 Å². The molecule has 6 nitrogen and oxygen atoms in total. The fourth-order valence-corrected chi connectivity index (χ4v) is 1.67. The summed E-state index contributed by atoms with van der Waals surface area (Å²) in [5.74, 6) is 0.319. The average molecular weight is 229 g/mol. The molecule has 15 heavy (non-hydrogen) atoms. The number of nitrogen functional groups attached to an aromatic ring is 1. The SMILES string of the molecule is Nc1oc(P(=O)(O)O)cc1-c1ccco1. The van der Waals surface area contributed by atoms with Gasteiger partial charge in [-0.3, -0.25) is 4.57 Å². The molecule has 2 aromatic heterocycles. The van der Waals surface area contributed by atoms with Crippen molar-refractivity contribution in [1.82, 2.24) is 0 Å². The van der Waals surface area contributed by atoms with Gasteiger partial charge >= 0.3 is 7.60 Å². The molecule has 0 saturated carbocycles. The smallest absolute Gasteiger partial charge is 0.391 e. The van der Waals surface area contributed by atoms with Crippen LogP contribution in [-0.4, -0.2) is 9.79 Å². The quantitative estimate of drug-likeness (QED) is 0.660. The number of furan rings is 2. The van der Waals surface area contributed by atoms with Gasteiger partial charge in [0.15, 0.2) is 0 Å². The maximum absolute atomic E-state index is 10.9. The van der Waals surface area contributed by atoms with Crippen LogP contribution in [0.15, 0.2) is 33.3 Å². The molecule has 7 heteroatoms. The largest absolute Gasteiger partial charge is 0.464 e. The molecule has 2 heterocycles. The Morgan fingerprint density at radius 1 is 1.40 bits per heavy atom. The predicted octanol–water partition coefficient (Wildman–Crippen LogP) is 0.925. The first-order valence-corrected chi connectivity index (χ1v) is 5.59. The molecule has 0 fully saturated rings. The van der Waals surface area contributed by atoms with Gasteiger partial charge in [-0.1, -0.05) is 0 Å². The number of hydrogen-bond donors (Lipinski definition) is 3. The molecule has 0 spiro atoms. The van der Waals surface area contributed by atoms with E-state index >= 15 is 0 Å². The molecule has 0 radical (unpaired) electrons. The van der Waals surface area contributed by atoms with Crippen LogP contribution < -0.4 is 11.2 Å². The Hall–Kier alpha value is -1.49. The highest BCUT2D eigenvalue weighted by molar-refractivity contribution is 7.59. The molecular weight excluding hydrogens is 221 g/mol. The van der Waals surface area contributed by atoms with E-state index in [9.17, 15) is 4.57 Å². The lowest BCUT2D eigenvalue weighted by Crippen LogP contribution is -1.98. The van der Waals surface area contributed by atoms with Gasteiger partial charge in [0, 0.05) is 6.07 Å². The van der Waals surface area contributed by atoms with E-state index in [1.165, 1.54) is 12.3 Å². The van der Waals surface area contributed by atoms with Crippen LogP contribution >= 0.6 is 7.60 Å². The monoisotopic (exact) mass is 229 g/mol. The van der Waals surface area contributed by atoms with Crippen LogP contribution in [0.4, 0.5) is 5.88 Å². The molecular formula is C8H8NO5P. The zero-order chi connectivity index (χ0) is 11.1. The van der Waals surface area contributed by atoms with E-state index in [1.807, 2.05) is 0 Å². The summed E-state index contributed by atoms with van der Waals surface area (Å²) in [7, 11) is -4.41. The molecule has 0 atom stereocenters. The lowest BCUT2D eigenvalue weighted by molar-refractivity contribution is 0.377. The lowest BCUT2D eigenvalue weighted by Gasteiger charge is -1.95. The van der Waals surface area contributed by atoms with Crippen molar-refractivity contribution in [1.29, 1.82) is 0 Å². The molecule has 80 valence electrons. The van der Waals surface area contributed by atoms with Gasteiger partial charge in [0.2, 0.25) is 11.4 Å². The predicted molar refractivity (Wildman–Crippen MR) is 52.5 cm³/mol. The number of anilines is 1. The van der Waals surface area contributed by atoms with Gasteiger partial charge in [-0.15, -0.1) is 0 Å². The Morgan fingerprint density at radius 2 is 2.13 bits per heavy atom. The van der Waals surface area contributed by atoms with E-state index < -0.39 is 13.1 Å². The fourth-order valence-electron chi connectivity index (χ4n) is 1.16. The Balaban J connectivity index is 2.52. The van der Waals surface area contributed by atoms with E-state index in [4.69, 9.17) is 24.4 Å². The van der Waals surface area contributed by atoms with Gasteiger partial charge in [0.05, 0.1) is 11.8 Å². The number of nitrogens with two attached hydrogens (primary N) is 1. The topological polar surface area (TPSA) is 110 Å². The van der Waals surface area contributed by atoms with Gasteiger partial charge in [-0.25, -0.2) is 0 Å². The van der Waals surface area contributed by atoms with E-state index in [0.29, 0.717) is 11.3 Å². The normalized spacial score (nSPS) is 11.9. The van der Waals surface area contributed by atoms with Gasteiger partial charge in [0.25, 0.3) is 0 Å². The van der Waals surface area contributed by atoms with Gasteiger partial charge in [-0.2, -0.15) is 0 Å². The Bertz CT molecular complexity index is 509. The van der Waals surface area contributed by atoms with Gasteiger partial charge < -0.3 is 24.4 Å². The minimum Gasteiger partial charge on any atom is -0.464 e. The Labute approximate surface area is 84.5 Å². The second kappa shape index (κ2) is 3.27. The highest BCUT2D eigenvalue weighted by Crippen LogP contribution is 2.38. The molecule has 0 amide bonds. The summed E-state index contributed by atoms with van der Waals surface area (Å²) in [6, 6.07) is 4.43. The number of rotatable bonds is 2. The minimum absolute atomic E-state index is 0.0803. The highest BCUT2D eigenvalue weighted by atomic mass is 31.2. The van der Waals surface area contributed by atoms with Crippen molar-refractivity contribution in [3.63, 3.8) is 0 Å². The van der Waals surface area contributed by atoms with E-state index in [-0.39, 0.29) is 5.88 Å². The van der Waals surface area contributed by atoms with Crippen molar-refractivity contribution in [2.24, 2.45) is 0 Å². The van der Waals surface area contributed by atoms with Crippen LogP contribution in [0.2, 0.25) is 0 Å². The number of hydrogen-bond acceptors (Lipinski definition) is 4. The molecule has 2 rings (SSSR count). The summed E-state index contributed by atoms with van der Waals surface area (Å²) in [6.45, 7) is 0. The van der Waals surface area contributed by atoms with Crippen molar-refractivity contribution in [2.75, 3.05) is 5.73 Å². The summed E-state index contributed by atoms with van der Waals surface area (Å²) in [6.07, 6.45) is 1.43. The molecule has 0 aliphatic rings. The first-order chi connectivity index (χ1) is 6.98. The van der Waals surface area contributed by atoms with Crippen molar-refractivity contribution >= 4 is 19.0 Å². The maximum Gasteiger partial charge on any atom is 0.391 e. The zero-order valence-corrected chi connectivity index (χ0v) is 8.35. The average Bonchev–Trinajstić information content (AvgIpc) is 2.69. The zero-order valence-electron chi connectivity index (χ0n) is 7.45. The van der Waals surface area contributed by atoms with Crippen molar-refractivity contribution in [2.45, 2.75) is 0 Å². The van der Waals surface area contributed by atoms with E-state index in [0.717, 1.165) is 0 Å². The fraction of sp³-hybridized carbons (Fsp3) is 0. The van der Waals surface area contributed by atoms with Crippen LogP contribution in [0.3, 0.4) is 0 Å². The Morgan fingerprint density at radius 3 is 2.60 bits per heavy atom. The second-order valence-electron chi connectivity index (χ2n) is 2.88. The third-order valence-electron chi connectivity index (χ3n) is 1.82. The maximum atomic E-state index is 10.9. The van der Waals surface area contributed by atoms with Crippen molar-refractivity contribution in [3.8, 4) is 11.3 Å². The van der Waals surface area contributed by atoms with Crippen LogP contribution in [0, 0.1) is 0 Å². The molecule has 0 aromatic carbocycles. The molecule has 2 aromatic rings. The molecule has 0 unspecified atom stereocenters. The van der Waals surface area contributed by atoms with E-state index in [1.54, 1.807) is 12.1 Å². The van der Waals surface area contributed by atoms with E-state index in [2.05, 4.69) is 0 Å². The van der Waals surface area contributed by atoms with Crippen molar-refractivity contribution < 1.29 is 23.2 Å². The highest BCUT2D eigenvalue weighted by Gasteiger charge is 2.25. The minimum atomic E-state index is -4.41. The molecule has 0 aliphatic carbocycles. The van der Waals surface area contributed by atoms with Crippen LogP contribution in [-0.2, 0) is 4.57 Å². The molecule has 0 bridgehead atoms. The summed E-state index contributed by atoms with van der Waals surface area (Å²) < 4.78 is 20.7. The Kier molecular flexibility index (Phi) is 2.19. The second-order valence-corrected chi connectivity index (χ2v) is 4.41. The lowest BCUT2D eigenvalue weighted by atomic mass is 10.2. The van der Waals surface area contributed by atoms with Crippen LogP contribution in [0.1, 0.15) is 0 Å². The van der Waals surface area contributed by atoms with Crippen LogP contribution in [0.5, 0.6) is 0 Å². The molecule has 0 aliphatic heterocycles. The standard InChI is InChI=1S/C8H8NO5P/c9-8-5(6-2-1-3-13-6)4-7(14-8)15(10,11)12/h1-4H,9H2,(H2,10,11,12). The molecule has 0 saturated heterocycles. The first kappa shape index (κ1) is 10.0. The summed E-state index contributed by atoms with van der Waals surface area (Å²) in [5, 5.41) is 0. The first-order valence-electron chi connectivity index (χ1n) is 3.98. The third-order valence-corrected chi connectivity index (χ3v) is 2.62.